The lowest BCUT2D eigenvalue weighted by Gasteiger charge is -2.34. The first-order chi connectivity index (χ1) is 13.0. The second kappa shape index (κ2) is 6.38. The molecule has 1 N–H and O–H groups in total. The van der Waals surface area contributed by atoms with Gasteiger partial charge in [-0.3, -0.25) is 4.79 Å². The van der Waals surface area contributed by atoms with Gasteiger partial charge in [-0.15, -0.1) is 0 Å². The zero-order valence-corrected chi connectivity index (χ0v) is 14.8. The highest BCUT2D eigenvalue weighted by Crippen LogP contribution is 2.50. The van der Waals surface area contributed by atoms with Crippen LogP contribution in [0.1, 0.15) is 15.7 Å². The highest BCUT2D eigenvalue weighted by molar-refractivity contribution is 8.00. The summed E-state index contributed by atoms with van der Waals surface area (Å²) < 4.78 is 35.2. The molecule has 1 atom stereocenters. The minimum atomic E-state index is -1.43. The van der Waals surface area contributed by atoms with E-state index in [0.29, 0.717) is 5.56 Å². The number of hydrogen-bond acceptors (Lipinski definition) is 4. The minimum Gasteiger partial charge on any atom is -0.494 e. The molecule has 5 nitrogen and oxygen atoms in total. The average Bonchev–Trinajstić information content (AvgIpc) is 2.64. The molecule has 138 valence electrons. The van der Waals surface area contributed by atoms with Gasteiger partial charge in [0, 0.05) is 0 Å². The molecule has 1 unspecified atom stereocenters. The summed E-state index contributed by atoms with van der Waals surface area (Å²) in [7, 11) is 1.33. The molecule has 8 heteroatoms. The second-order valence-electron chi connectivity index (χ2n) is 5.94. The number of fused-ring (bicyclic) bond motifs is 3. The molecule has 0 saturated carbocycles. The van der Waals surface area contributed by atoms with Crippen molar-refractivity contribution in [3.8, 4) is 16.9 Å². The number of pyridine rings is 1. The van der Waals surface area contributed by atoms with E-state index in [2.05, 4.69) is 0 Å². The molecule has 1 aromatic heterocycles. The normalized spacial score (nSPS) is 15.3. The number of methoxy groups -OCH3 is 1. The van der Waals surface area contributed by atoms with E-state index in [1.165, 1.54) is 11.7 Å². The van der Waals surface area contributed by atoms with E-state index in [1.807, 2.05) is 0 Å². The Bertz CT molecular complexity index is 1140. The van der Waals surface area contributed by atoms with Crippen molar-refractivity contribution in [2.75, 3.05) is 13.8 Å². The second-order valence-corrected chi connectivity index (χ2v) is 7.11. The summed E-state index contributed by atoms with van der Waals surface area (Å²) in [5.74, 6) is -2.07. The Morgan fingerprint density at radius 2 is 2.04 bits per heavy atom. The highest BCUT2D eigenvalue weighted by Gasteiger charge is 2.37. The van der Waals surface area contributed by atoms with Crippen molar-refractivity contribution >= 4 is 28.6 Å². The number of halogens is 2. The van der Waals surface area contributed by atoms with Gasteiger partial charge in [-0.2, -0.15) is 0 Å². The van der Waals surface area contributed by atoms with Gasteiger partial charge in [-0.25, -0.2) is 13.6 Å². The first-order valence-electron chi connectivity index (χ1n) is 7.99. The summed E-state index contributed by atoms with van der Waals surface area (Å²) >= 11 is 0.966. The smallest absolute Gasteiger partial charge is 0.342 e. The van der Waals surface area contributed by atoms with Gasteiger partial charge in [-0.05, 0) is 11.6 Å². The Labute approximate surface area is 156 Å². The SMILES string of the molecule is COc1c(-c2ccccc2)c(F)cc2c(=O)c(C(=O)O)c3n(c12)C(CF)S3. The average molecular weight is 389 g/mol. The Hall–Kier alpha value is -2.87. The molecular formula is C19H13F2NO4S. The third kappa shape index (κ3) is 2.43. The maximum absolute atomic E-state index is 14.9. The number of alkyl halides is 1. The Morgan fingerprint density at radius 3 is 2.63 bits per heavy atom. The van der Waals surface area contributed by atoms with E-state index in [9.17, 15) is 23.5 Å². The topological polar surface area (TPSA) is 68.5 Å². The monoisotopic (exact) mass is 389 g/mol. The van der Waals surface area contributed by atoms with Gasteiger partial charge in [0.25, 0.3) is 0 Å². The van der Waals surface area contributed by atoms with Crippen LogP contribution in [0.5, 0.6) is 5.75 Å². The summed E-state index contributed by atoms with van der Waals surface area (Å²) in [6.07, 6.45) is 0. The molecule has 0 amide bonds. The van der Waals surface area contributed by atoms with Crippen LogP contribution in [-0.2, 0) is 0 Å². The summed E-state index contributed by atoms with van der Waals surface area (Å²) in [5.41, 5.74) is -0.431. The van der Waals surface area contributed by atoms with Gasteiger partial charge in [0.05, 0.1) is 28.6 Å². The molecule has 0 radical (unpaired) electrons. The van der Waals surface area contributed by atoms with Crippen molar-refractivity contribution in [1.82, 2.24) is 4.57 Å². The zero-order chi connectivity index (χ0) is 19.3. The number of rotatable bonds is 4. The molecule has 0 aliphatic carbocycles. The molecule has 0 saturated heterocycles. The number of benzene rings is 2. The van der Waals surface area contributed by atoms with Gasteiger partial charge < -0.3 is 14.4 Å². The molecular weight excluding hydrogens is 376 g/mol. The number of ether oxygens (including phenoxy) is 1. The molecule has 3 aromatic rings. The van der Waals surface area contributed by atoms with Crippen LogP contribution >= 0.6 is 11.8 Å². The van der Waals surface area contributed by atoms with Crippen LogP contribution < -0.4 is 10.2 Å². The van der Waals surface area contributed by atoms with E-state index in [0.717, 1.165) is 17.8 Å². The zero-order valence-electron chi connectivity index (χ0n) is 14.0. The van der Waals surface area contributed by atoms with Crippen LogP contribution in [0.15, 0.2) is 46.2 Å². The summed E-state index contributed by atoms with van der Waals surface area (Å²) in [6, 6.07) is 9.62. The predicted molar refractivity (Wildman–Crippen MR) is 98.0 cm³/mol. The number of nitrogens with zero attached hydrogens (tertiary/aromatic N) is 1. The lowest BCUT2D eigenvalue weighted by atomic mass is 10.00. The third-order valence-corrected chi connectivity index (χ3v) is 5.73. The van der Waals surface area contributed by atoms with Crippen LogP contribution in [0.3, 0.4) is 0 Å². The fourth-order valence-corrected chi connectivity index (χ4v) is 4.47. The van der Waals surface area contributed by atoms with Gasteiger partial charge >= 0.3 is 5.97 Å². The highest BCUT2D eigenvalue weighted by atomic mass is 32.2. The van der Waals surface area contributed by atoms with E-state index >= 15 is 0 Å². The van der Waals surface area contributed by atoms with Gasteiger partial charge in [0.1, 0.15) is 23.4 Å². The van der Waals surface area contributed by atoms with Crippen LogP contribution in [0, 0.1) is 5.82 Å². The number of aromatic carboxylic acids is 1. The van der Waals surface area contributed by atoms with Gasteiger partial charge in [-0.1, -0.05) is 42.1 Å². The molecule has 0 spiro atoms. The fraction of sp³-hybridized carbons (Fsp3) is 0.158. The van der Waals surface area contributed by atoms with Crippen molar-refractivity contribution in [2.45, 2.75) is 10.4 Å². The van der Waals surface area contributed by atoms with Crippen molar-refractivity contribution < 1.29 is 23.4 Å². The number of carboxylic acids is 1. The van der Waals surface area contributed by atoms with Crippen LogP contribution in [0.2, 0.25) is 0 Å². The van der Waals surface area contributed by atoms with E-state index in [1.54, 1.807) is 30.3 Å². The molecule has 0 bridgehead atoms. The number of thioether (sulfide) groups is 1. The van der Waals surface area contributed by atoms with Crippen molar-refractivity contribution in [3.05, 3.63) is 58.0 Å². The molecule has 0 fully saturated rings. The number of hydrogen-bond donors (Lipinski definition) is 1. The third-order valence-electron chi connectivity index (χ3n) is 4.50. The maximum atomic E-state index is 14.9. The summed E-state index contributed by atoms with van der Waals surface area (Å²) in [4.78, 5) is 24.3. The minimum absolute atomic E-state index is 0.0743. The van der Waals surface area contributed by atoms with E-state index in [4.69, 9.17) is 4.74 Å². The van der Waals surface area contributed by atoms with Crippen LogP contribution in [-0.4, -0.2) is 29.4 Å². The first kappa shape index (κ1) is 17.5. The molecule has 2 aromatic carbocycles. The number of aromatic nitrogens is 1. The summed E-state index contributed by atoms with van der Waals surface area (Å²) in [5, 5.41) is 8.70. The lowest BCUT2D eigenvalue weighted by Crippen LogP contribution is -2.30. The predicted octanol–water partition coefficient (Wildman–Crippen LogP) is 4.09. The van der Waals surface area contributed by atoms with E-state index in [-0.39, 0.29) is 27.2 Å². The van der Waals surface area contributed by atoms with Gasteiger partial charge in [0.15, 0.2) is 5.75 Å². The molecule has 1 aliphatic heterocycles. The Balaban J connectivity index is 2.20. The Morgan fingerprint density at radius 1 is 1.33 bits per heavy atom. The lowest BCUT2D eigenvalue weighted by molar-refractivity contribution is 0.0689. The van der Waals surface area contributed by atoms with Crippen molar-refractivity contribution in [3.63, 3.8) is 0 Å². The quantitative estimate of drug-likeness (QED) is 0.728. The first-order valence-corrected chi connectivity index (χ1v) is 8.87. The number of carboxylic acid groups (broad SMARTS) is 1. The summed E-state index contributed by atoms with van der Waals surface area (Å²) in [6.45, 7) is -0.768. The molecule has 1 aliphatic rings. The molecule has 4 rings (SSSR count). The maximum Gasteiger partial charge on any atom is 0.342 e. The van der Waals surface area contributed by atoms with Crippen molar-refractivity contribution in [1.29, 1.82) is 0 Å². The standard InChI is InChI=1S/C19H13F2NO4S/c1-26-17-13(9-5-3-2-4-6-9)11(21)7-10-15(17)22-12(8-20)27-18(22)14(16(10)23)19(24)25/h2-7,12H,8H2,1H3,(H,24,25). The largest absolute Gasteiger partial charge is 0.494 e. The van der Waals surface area contributed by atoms with E-state index < -0.39 is 34.8 Å². The van der Waals surface area contributed by atoms with Crippen molar-refractivity contribution in [2.24, 2.45) is 0 Å². The fourth-order valence-electron chi connectivity index (χ4n) is 3.37. The molecule has 2 heterocycles. The Kier molecular flexibility index (Phi) is 4.15. The van der Waals surface area contributed by atoms with Gasteiger partial charge in [0.2, 0.25) is 5.43 Å². The number of carbonyl (C=O) groups is 1. The van der Waals surface area contributed by atoms with Crippen LogP contribution in [0.25, 0.3) is 22.0 Å². The van der Waals surface area contributed by atoms with Crippen LogP contribution in [0.4, 0.5) is 8.78 Å². The molecule has 27 heavy (non-hydrogen) atoms.